The van der Waals surface area contributed by atoms with Gasteiger partial charge in [-0.3, -0.25) is 9.63 Å². The molecule has 1 aliphatic rings. The van der Waals surface area contributed by atoms with Crippen molar-refractivity contribution in [3.63, 3.8) is 0 Å². The molecule has 0 spiro atoms. The molecule has 108 valence electrons. The lowest BCUT2D eigenvalue weighted by Crippen LogP contribution is -2.29. The van der Waals surface area contributed by atoms with E-state index in [0.717, 1.165) is 11.3 Å². The van der Waals surface area contributed by atoms with Gasteiger partial charge in [0.15, 0.2) is 0 Å². The van der Waals surface area contributed by atoms with Crippen LogP contribution in [-0.2, 0) is 9.63 Å². The van der Waals surface area contributed by atoms with Gasteiger partial charge in [0.2, 0.25) is 0 Å². The zero-order valence-corrected chi connectivity index (χ0v) is 11.7. The van der Waals surface area contributed by atoms with Crippen molar-refractivity contribution in [2.45, 2.75) is 19.1 Å². The number of carboxylic acids is 1. The highest BCUT2D eigenvalue weighted by atomic mass is 16.7. The van der Waals surface area contributed by atoms with Crippen molar-refractivity contribution in [3.05, 3.63) is 66.2 Å². The van der Waals surface area contributed by atoms with Crippen LogP contribution in [-0.4, -0.2) is 17.2 Å². The van der Waals surface area contributed by atoms with Gasteiger partial charge in [-0.2, -0.15) is 0 Å². The second-order valence-corrected chi connectivity index (χ2v) is 5.19. The second-order valence-electron chi connectivity index (χ2n) is 5.19. The molecule has 1 N–H and O–H groups in total. The molecule has 3 rings (SSSR count). The van der Waals surface area contributed by atoms with E-state index < -0.39 is 11.9 Å². The number of carbonyl (C=O) groups is 1. The monoisotopic (exact) mass is 283 g/mol. The molecule has 0 unspecified atom stereocenters. The average Bonchev–Trinajstić information content (AvgIpc) is 2.86. The molecule has 4 heteroatoms. The maximum absolute atomic E-state index is 11.7. The largest absolute Gasteiger partial charge is 0.481 e. The summed E-state index contributed by atoms with van der Waals surface area (Å²) in [5.41, 5.74) is 1.81. The van der Waals surface area contributed by atoms with E-state index in [0.29, 0.717) is 0 Å². The fourth-order valence-corrected chi connectivity index (χ4v) is 2.84. The Kier molecular flexibility index (Phi) is 3.62. The number of rotatable bonds is 3. The van der Waals surface area contributed by atoms with Crippen molar-refractivity contribution in [2.24, 2.45) is 5.92 Å². The van der Waals surface area contributed by atoms with Crippen LogP contribution in [0.4, 0.5) is 5.69 Å². The molecular weight excluding hydrogens is 266 g/mol. The van der Waals surface area contributed by atoms with Crippen molar-refractivity contribution in [3.8, 4) is 0 Å². The van der Waals surface area contributed by atoms with Crippen LogP contribution in [0.15, 0.2) is 60.7 Å². The summed E-state index contributed by atoms with van der Waals surface area (Å²) >= 11 is 0. The Balaban J connectivity index is 2.05. The van der Waals surface area contributed by atoms with Gasteiger partial charge in [0.05, 0.1) is 17.8 Å². The van der Waals surface area contributed by atoms with E-state index in [-0.39, 0.29) is 12.1 Å². The molecule has 1 fully saturated rings. The summed E-state index contributed by atoms with van der Waals surface area (Å²) in [6, 6.07) is 18.9. The van der Waals surface area contributed by atoms with Crippen LogP contribution in [0.2, 0.25) is 0 Å². The first kappa shape index (κ1) is 13.6. The van der Waals surface area contributed by atoms with Crippen molar-refractivity contribution in [2.75, 3.05) is 5.06 Å². The van der Waals surface area contributed by atoms with Gasteiger partial charge in [0.25, 0.3) is 0 Å². The summed E-state index contributed by atoms with van der Waals surface area (Å²) < 4.78 is 0. The summed E-state index contributed by atoms with van der Waals surface area (Å²) in [6.45, 7) is 1.80. The minimum atomic E-state index is -0.838. The first-order valence-corrected chi connectivity index (χ1v) is 6.97. The minimum Gasteiger partial charge on any atom is -0.481 e. The number of benzene rings is 2. The molecule has 3 atom stereocenters. The number of hydrogen-bond acceptors (Lipinski definition) is 3. The number of hydrogen-bond donors (Lipinski definition) is 1. The molecular formula is C17H17NO3. The molecule has 0 aliphatic carbocycles. The van der Waals surface area contributed by atoms with Gasteiger partial charge in [-0.15, -0.1) is 0 Å². The van der Waals surface area contributed by atoms with Crippen molar-refractivity contribution in [1.82, 2.24) is 0 Å². The standard InChI is InChI=1S/C17H17NO3/c1-12-15(17(19)20)16(13-8-4-2-5-9-13)18(21-12)14-10-6-3-7-11-14/h2-12,15-16H,1H3,(H,19,20)/t12-,15-,16-/m0/s1. The third-order valence-electron chi connectivity index (χ3n) is 3.82. The highest BCUT2D eigenvalue weighted by molar-refractivity contribution is 5.74. The van der Waals surface area contributed by atoms with Gasteiger partial charge < -0.3 is 5.11 Å². The van der Waals surface area contributed by atoms with Gasteiger partial charge >= 0.3 is 5.97 Å². The molecule has 1 saturated heterocycles. The lowest BCUT2D eigenvalue weighted by atomic mass is 9.90. The minimum absolute atomic E-state index is 0.332. The van der Waals surface area contributed by atoms with E-state index in [2.05, 4.69) is 0 Å². The van der Waals surface area contributed by atoms with Crippen molar-refractivity contribution >= 4 is 11.7 Å². The second kappa shape index (κ2) is 5.58. The maximum Gasteiger partial charge on any atom is 0.311 e. The first-order chi connectivity index (χ1) is 10.2. The van der Waals surface area contributed by atoms with E-state index in [9.17, 15) is 9.90 Å². The fraction of sp³-hybridized carbons (Fsp3) is 0.235. The van der Waals surface area contributed by atoms with Gasteiger partial charge in [0.1, 0.15) is 5.92 Å². The zero-order valence-electron chi connectivity index (χ0n) is 11.7. The molecule has 4 nitrogen and oxygen atoms in total. The Bertz CT molecular complexity index is 614. The molecule has 0 saturated carbocycles. The van der Waals surface area contributed by atoms with Crippen LogP contribution in [0.5, 0.6) is 0 Å². The summed E-state index contributed by atoms with van der Waals surface area (Å²) in [4.78, 5) is 17.5. The Morgan fingerprint density at radius 1 is 1.05 bits per heavy atom. The zero-order chi connectivity index (χ0) is 14.8. The number of carboxylic acid groups (broad SMARTS) is 1. The quantitative estimate of drug-likeness (QED) is 0.939. The lowest BCUT2D eigenvalue weighted by Gasteiger charge is -2.26. The van der Waals surface area contributed by atoms with Crippen LogP contribution in [0.3, 0.4) is 0 Å². The molecule has 0 radical (unpaired) electrons. The van der Waals surface area contributed by atoms with Gasteiger partial charge in [-0.25, -0.2) is 5.06 Å². The van der Waals surface area contributed by atoms with Crippen molar-refractivity contribution < 1.29 is 14.7 Å². The average molecular weight is 283 g/mol. The number of hydroxylamine groups is 1. The van der Waals surface area contributed by atoms with Crippen molar-refractivity contribution in [1.29, 1.82) is 0 Å². The van der Waals surface area contributed by atoms with Gasteiger partial charge in [-0.05, 0) is 24.6 Å². The smallest absolute Gasteiger partial charge is 0.311 e. The Morgan fingerprint density at radius 3 is 2.19 bits per heavy atom. The van der Waals surface area contributed by atoms with Crippen LogP contribution in [0.25, 0.3) is 0 Å². The van der Waals surface area contributed by atoms with E-state index >= 15 is 0 Å². The molecule has 0 aromatic heterocycles. The lowest BCUT2D eigenvalue weighted by molar-refractivity contribution is -0.143. The number of anilines is 1. The van der Waals surface area contributed by atoms with E-state index in [1.165, 1.54) is 0 Å². The Labute approximate surface area is 123 Å². The normalized spacial score (nSPS) is 25.0. The Morgan fingerprint density at radius 2 is 1.62 bits per heavy atom. The van der Waals surface area contributed by atoms with Crippen LogP contribution in [0, 0.1) is 5.92 Å². The molecule has 0 bridgehead atoms. The predicted molar refractivity (Wildman–Crippen MR) is 79.8 cm³/mol. The van der Waals surface area contributed by atoms with Crippen LogP contribution in [0.1, 0.15) is 18.5 Å². The first-order valence-electron chi connectivity index (χ1n) is 6.97. The molecule has 1 aliphatic heterocycles. The molecule has 21 heavy (non-hydrogen) atoms. The molecule has 1 heterocycles. The van der Waals surface area contributed by atoms with Gasteiger partial charge in [0, 0.05) is 0 Å². The van der Waals surface area contributed by atoms with E-state index in [4.69, 9.17) is 4.84 Å². The fourth-order valence-electron chi connectivity index (χ4n) is 2.84. The third kappa shape index (κ3) is 2.50. The molecule has 2 aromatic rings. The van der Waals surface area contributed by atoms with E-state index in [1.54, 1.807) is 12.0 Å². The third-order valence-corrected chi connectivity index (χ3v) is 3.82. The Hall–Kier alpha value is -2.33. The molecule has 0 amide bonds. The number of para-hydroxylation sites is 1. The summed E-state index contributed by atoms with van der Waals surface area (Å²) in [5, 5.41) is 11.3. The van der Waals surface area contributed by atoms with Crippen LogP contribution < -0.4 is 5.06 Å². The van der Waals surface area contributed by atoms with Crippen LogP contribution >= 0.6 is 0 Å². The summed E-state index contributed by atoms with van der Waals surface area (Å²) in [5.74, 6) is -1.44. The highest BCUT2D eigenvalue weighted by Crippen LogP contribution is 2.42. The summed E-state index contributed by atoms with van der Waals surface area (Å²) in [6.07, 6.45) is -0.382. The molecule has 2 aromatic carbocycles. The topological polar surface area (TPSA) is 49.8 Å². The number of nitrogens with zero attached hydrogens (tertiary/aromatic N) is 1. The van der Waals surface area contributed by atoms with E-state index in [1.807, 2.05) is 60.7 Å². The van der Waals surface area contributed by atoms with Gasteiger partial charge in [-0.1, -0.05) is 48.5 Å². The highest BCUT2D eigenvalue weighted by Gasteiger charge is 2.46. The number of aliphatic carboxylic acids is 1. The maximum atomic E-state index is 11.7. The SMILES string of the molecule is C[C@@H]1ON(c2ccccc2)[C@@H](c2ccccc2)[C@H]1C(=O)O. The summed E-state index contributed by atoms with van der Waals surface area (Å²) in [7, 11) is 0. The predicted octanol–water partition coefficient (Wildman–Crippen LogP) is 3.27.